The van der Waals surface area contributed by atoms with Crippen LogP contribution in [0.5, 0.6) is 5.75 Å². The van der Waals surface area contributed by atoms with Crippen LogP contribution in [-0.2, 0) is 6.61 Å². The third-order valence-electron chi connectivity index (χ3n) is 5.83. The first-order valence-electron chi connectivity index (χ1n) is 10.4. The molecule has 2 heterocycles. The number of hydrogen-bond donors (Lipinski definition) is 2. The molecule has 4 rings (SSSR count). The van der Waals surface area contributed by atoms with Gasteiger partial charge in [0.1, 0.15) is 12.3 Å². The fourth-order valence-electron chi connectivity index (χ4n) is 4.13. The Hall–Kier alpha value is -2.28. The summed E-state index contributed by atoms with van der Waals surface area (Å²) in [6.07, 6.45) is 6.03. The van der Waals surface area contributed by atoms with Gasteiger partial charge in [-0.05, 0) is 44.4 Å². The van der Waals surface area contributed by atoms with E-state index < -0.39 is 5.60 Å². The quantitative estimate of drug-likeness (QED) is 0.521. The molecule has 0 aliphatic heterocycles. The van der Waals surface area contributed by atoms with Crippen molar-refractivity contribution >= 4 is 34.8 Å². The lowest BCUT2D eigenvalue weighted by Gasteiger charge is -2.21. The molecule has 1 amide bonds. The highest BCUT2D eigenvalue weighted by atomic mass is 35.5. The summed E-state index contributed by atoms with van der Waals surface area (Å²) in [4.78, 5) is 17.4. The van der Waals surface area contributed by atoms with Crippen LogP contribution in [0.1, 0.15) is 53.8 Å². The second-order valence-corrected chi connectivity index (χ2v) is 8.84. The van der Waals surface area contributed by atoms with Crippen molar-refractivity contribution in [1.29, 1.82) is 0 Å². The van der Waals surface area contributed by atoms with Crippen molar-refractivity contribution in [3.8, 4) is 5.75 Å². The molecule has 2 aromatic heterocycles. The zero-order chi connectivity index (χ0) is 22.0. The maximum Gasteiger partial charge on any atom is 0.270 e. The van der Waals surface area contributed by atoms with Gasteiger partial charge in [0.15, 0.2) is 11.4 Å². The van der Waals surface area contributed by atoms with E-state index in [0.717, 1.165) is 31.2 Å². The van der Waals surface area contributed by atoms with E-state index in [-0.39, 0.29) is 12.5 Å². The van der Waals surface area contributed by atoms with Gasteiger partial charge in [-0.2, -0.15) is 0 Å². The minimum absolute atomic E-state index is 0.221. The Kier molecular flexibility index (Phi) is 6.42. The zero-order valence-corrected chi connectivity index (χ0v) is 18.8. The molecular weight excluding hydrogens is 437 g/mol. The smallest absolute Gasteiger partial charge is 0.270 e. The molecule has 164 valence electrons. The van der Waals surface area contributed by atoms with E-state index in [1.54, 1.807) is 35.7 Å². The van der Waals surface area contributed by atoms with Gasteiger partial charge in [0.05, 0.1) is 21.3 Å². The molecule has 1 aliphatic carbocycles. The molecule has 8 heteroatoms. The largest absolute Gasteiger partial charge is 0.485 e. The number of fused-ring (bicyclic) bond motifs is 1. The maximum absolute atomic E-state index is 12.9. The van der Waals surface area contributed by atoms with Crippen molar-refractivity contribution in [3.63, 3.8) is 0 Å². The minimum atomic E-state index is -0.648. The highest BCUT2D eigenvalue weighted by Crippen LogP contribution is 2.32. The number of benzene rings is 1. The number of carbonyl (C=O) groups is 1. The summed E-state index contributed by atoms with van der Waals surface area (Å²) in [5.41, 5.74) is 1.73. The van der Waals surface area contributed by atoms with Gasteiger partial charge in [-0.3, -0.25) is 9.20 Å². The number of carbonyl (C=O) groups excluding carboxylic acids is 1. The van der Waals surface area contributed by atoms with Crippen LogP contribution >= 0.6 is 23.2 Å². The molecule has 0 atom stereocenters. The number of aromatic nitrogens is 2. The van der Waals surface area contributed by atoms with Crippen molar-refractivity contribution in [2.45, 2.75) is 51.2 Å². The van der Waals surface area contributed by atoms with Gasteiger partial charge in [-0.1, -0.05) is 48.2 Å². The standard InChI is InChI=1S/C23H25Cl2N3O3/c1-15-20(22(29)26-12-11-23(30)9-2-3-10-23)28-13-5-8-18(21(28)27-15)31-14-16-6-4-7-17(24)19(16)25/h4-8,13,30H,2-3,9-12,14H2,1H3,(H,26,29). The van der Waals surface area contributed by atoms with E-state index >= 15 is 0 Å². The molecule has 6 nitrogen and oxygen atoms in total. The number of rotatable bonds is 7. The van der Waals surface area contributed by atoms with Crippen LogP contribution < -0.4 is 10.1 Å². The van der Waals surface area contributed by atoms with Crippen molar-refractivity contribution in [2.75, 3.05) is 6.54 Å². The van der Waals surface area contributed by atoms with E-state index in [2.05, 4.69) is 10.3 Å². The Labute approximate surface area is 191 Å². The number of halogens is 2. The topological polar surface area (TPSA) is 75.9 Å². The summed E-state index contributed by atoms with van der Waals surface area (Å²) >= 11 is 12.3. The lowest BCUT2D eigenvalue weighted by atomic mass is 9.98. The van der Waals surface area contributed by atoms with Crippen molar-refractivity contribution in [2.24, 2.45) is 0 Å². The fourth-order valence-corrected chi connectivity index (χ4v) is 4.51. The first-order valence-corrected chi connectivity index (χ1v) is 11.2. The molecule has 31 heavy (non-hydrogen) atoms. The number of imidazole rings is 1. The average Bonchev–Trinajstić information content (AvgIpc) is 3.32. The van der Waals surface area contributed by atoms with Crippen LogP contribution in [0.25, 0.3) is 5.65 Å². The van der Waals surface area contributed by atoms with Gasteiger partial charge in [0.2, 0.25) is 0 Å². The van der Waals surface area contributed by atoms with Gasteiger partial charge in [0.25, 0.3) is 5.91 Å². The number of nitrogens with one attached hydrogen (secondary N) is 1. The lowest BCUT2D eigenvalue weighted by molar-refractivity contribution is 0.0389. The lowest BCUT2D eigenvalue weighted by Crippen LogP contribution is -2.33. The molecule has 1 aromatic carbocycles. The third-order valence-corrected chi connectivity index (χ3v) is 6.69. The minimum Gasteiger partial charge on any atom is -0.485 e. The maximum atomic E-state index is 12.9. The second-order valence-electron chi connectivity index (χ2n) is 8.05. The number of aliphatic hydroxyl groups is 1. The summed E-state index contributed by atoms with van der Waals surface area (Å²) < 4.78 is 7.69. The molecule has 0 spiro atoms. The first kappa shape index (κ1) is 21.9. The number of hydrogen-bond acceptors (Lipinski definition) is 4. The summed E-state index contributed by atoms with van der Waals surface area (Å²) in [6.45, 7) is 2.45. The summed E-state index contributed by atoms with van der Waals surface area (Å²) in [5, 5.41) is 14.3. The molecule has 2 N–H and O–H groups in total. The van der Waals surface area contributed by atoms with Crippen LogP contribution in [0, 0.1) is 6.92 Å². The van der Waals surface area contributed by atoms with E-state index in [4.69, 9.17) is 27.9 Å². The average molecular weight is 462 g/mol. The Morgan fingerprint density at radius 2 is 2.03 bits per heavy atom. The van der Waals surface area contributed by atoms with Crippen LogP contribution in [0.2, 0.25) is 10.0 Å². The van der Waals surface area contributed by atoms with Crippen LogP contribution in [0.4, 0.5) is 0 Å². The Morgan fingerprint density at radius 3 is 2.81 bits per heavy atom. The van der Waals surface area contributed by atoms with E-state index in [0.29, 0.717) is 45.8 Å². The second kappa shape index (κ2) is 9.07. The van der Waals surface area contributed by atoms with E-state index in [1.165, 1.54) is 0 Å². The van der Waals surface area contributed by atoms with Crippen LogP contribution in [-0.4, -0.2) is 32.5 Å². The Balaban J connectivity index is 1.50. The van der Waals surface area contributed by atoms with Crippen molar-refractivity contribution in [3.05, 3.63) is 63.5 Å². The zero-order valence-electron chi connectivity index (χ0n) is 17.3. The number of pyridine rings is 1. The molecule has 1 saturated carbocycles. The number of amides is 1. The fraction of sp³-hybridized carbons (Fsp3) is 0.391. The number of nitrogens with zero attached hydrogens (tertiary/aromatic N) is 2. The molecule has 0 saturated heterocycles. The van der Waals surface area contributed by atoms with Gasteiger partial charge in [-0.25, -0.2) is 4.98 Å². The van der Waals surface area contributed by atoms with Crippen LogP contribution in [0.15, 0.2) is 36.5 Å². The summed E-state index contributed by atoms with van der Waals surface area (Å²) in [7, 11) is 0. The number of ether oxygens (including phenoxy) is 1. The van der Waals surface area contributed by atoms with E-state index in [1.807, 2.05) is 12.1 Å². The highest BCUT2D eigenvalue weighted by molar-refractivity contribution is 6.42. The van der Waals surface area contributed by atoms with Crippen molar-refractivity contribution in [1.82, 2.24) is 14.7 Å². The molecular formula is C23H25Cl2N3O3. The molecule has 0 bridgehead atoms. The third kappa shape index (κ3) is 4.66. The van der Waals surface area contributed by atoms with E-state index in [9.17, 15) is 9.90 Å². The predicted molar refractivity (Wildman–Crippen MR) is 121 cm³/mol. The summed E-state index contributed by atoms with van der Waals surface area (Å²) in [5.74, 6) is 0.322. The van der Waals surface area contributed by atoms with Crippen LogP contribution in [0.3, 0.4) is 0 Å². The molecule has 0 unspecified atom stereocenters. The molecule has 0 radical (unpaired) electrons. The SMILES string of the molecule is Cc1nc2c(OCc3cccc(Cl)c3Cl)cccn2c1C(=O)NCCC1(O)CCCC1. The predicted octanol–water partition coefficient (Wildman–Crippen LogP) is 4.95. The molecule has 1 fully saturated rings. The van der Waals surface area contributed by atoms with Crippen molar-refractivity contribution < 1.29 is 14.6 Å². The number of aryl methyl sites for hydroxylation is 1. The van der Waals surface area contributed by atoms with Gasteiger partial charge < -0.3 is 15.2 Å². The molecule has 1 aliphatic rings. The monoisotopic (exact) mass is 461 g/mol. The van der Waals surface area contributed by atoms with Gasteiger partial charge >= 0.3 is 0 Å². The highest BCUT2D eigenvalue weighted by Gasteiger charge is 2.30. The van der Waals surface area contributed by atoms with Gasteiger partial charge in [-0.15, -0.1) is 0 Å². The molecule has 3 aromatic rings. The Bertz CT molecular complexity index is 1110. The Morgan fingerprint density at radius 1 is 1.26 bits per heavy atom. The normalized spacial score (nSPS) is 15.4. The van der Waals surface area contributed by atoms with Gasteiger partial charge in [0, 0.05) is 18.3 Å². The first-order chi connectivity index (χ1) is 14.9. The summed E-state index contributed by atoms with van der Waals surface area (Å²) in [6, 6.07) is 9.00.